The van der Waals surface area contributed by atoms with Gasteiger partial charge in [-0.15, -0.1) is 0 Å². The number of aliphatic hydroxyl groups excluding tert-OH is 1. The standard InChI is InChI=1S/C21H32N4O7/c1-11(2)8-15(23-17(28)10-22)19(29)25-18(12(3)26)20(30)24-16(21(31)32)9-13-4-6-14(27)7-5-13/h4-7,11-12,15-16,18,26-27H,8-10,22H2,1-3H3,(H,23,28)(H,24,30)(H,25,29)(H,31,32). The molecule has 1 aromatic rings. The number of aliphatic carboxylic acids is 1. The van der Waals surface area contributed by atoms with E-state index in [-0.39, 0.29) is 31.1 Å². The Morgan fingerprint density at radius 3 is 2.00 bits per heavy atom. The van der Waals surface area contributed by atoms with E-state index in [9.17, 15) is 34.5 Å². The summed E-state index contributed by atoms with van der Waals surface area (Å²) in [6.45, 7) is 4.64. The average molecular weight is 453 g/mol. The van der Waals surface area contributed by atoms with Crippen LogP contribution in [0.2, 0.25) is 0 Å². The number of nitrogens with two attached hydrogens (primary N) is 1. The number of aromatic hydroxyl groups is 1. The molecule has 3 amide bonds. The molecule has 1 aromatic carbocycles. The molecule has 0 bridgehead atoms. The summed E-state index contributed by atoms with van der Waals surface area (Å²) in [6, 6.07) is 2.04. The summed E-state index contributed by atoms with van der Waals surface area (Å²) in [5, 5.41) is 36.0. The first kappa shape index (κ1) is 26.9. The number of benzene rings is 1. The fourth-order valence-electron chi connectivity index (χ4n) is 2.94. The molecule has 0 spiro atoms. The van der Waals surface area contributed by atoms with Crippen molar-refractivity contribution in [2.45, 2.75) is 57.8 Å². The van der Waals surface area contributed by atoms with E-state index in [0.717, 1.165) is 0 Å². The van der Waals surface area contributed by atoms with Crippen LogP contribution in [0.5, 0.6) is 5.75 Å². The lowest BCUT2D eigenvalue weighted by Crippen LogP contribution is -2.59. The highest BCUT2D eigenvalue weighted by Crippen LogP contribution is 2.12. The van der Waals surface area contributed by atoms with Crippen LogP contribution < -0.4 is 21.7 Å². The Balaban J connectivity index is 2.93. The summed E-state index contributed by atoms with van der Waals surface area (Å²) in [7, 11) is 0. The Morgan fingerprint density at radius 2 is 1.53 bits per heavy atom. The van der Waals surface area contributed by atoms with Crippen LogP contribution in [0.4, 0.5) is 0 Å². The largest absolute Gasteiger partial charge is 0.508 e. The molecule has 0 fully saturated rings. The molecule has 8 N–H and O–H groups in total. The van der Waals surface area contributed by atoms with Gasteiger partial charge in [0.1, 0.15) is 23.9 Å². The zero-order valence-corrected chi connectivity index (χ0v) is 18.4. The summed E-state index contributed by atoms with van der Waals surface area (Å²) in [5.41, 5.74) is 5.84. The van der Waals surface area contributed by atoms with E-state index in [1.807, 2.05) is 13.8 Å². The lowest BCUT2D eigenvalue weighted by molar-refractivity contribution is -0.143. The van der Waals surface area contributed by atoms with Gasteiger partial charge in [0.05, 0.1) is 12.6 Å². The number of amides is 3. The Kier molecular flexibility index (Phi) is 10.6. The number of rotatable bonds is 12. The third kappa shape index (κ3) is 8.90. The van der Waals surface area contributed by atoms with Gasteiger partial charge in [-0.2, -0.15) is 0 Å². The number of carboxylic acid groups (broad SMARTS) is 1. The second-order valence-corrected chi connectivity index (χ2v) is 7.95. The summed E-state index contributed by atoms with van der Waals surface area (Å²) >= 11 is 0. The SMILES string of the molecule is CC(C)CC(NC(=O)CN)C(=O)NC(C(=O)NC(Cc1ccc(O)cc1)C(=O)O)C(C)O. The van der Waals surface area contributed by atoms with Crippen molar-refractivity contribution in [1.29, 1.82) is 0 Å². The van der Waals surface area contributed by atoms with E-state index in [4.69, 9.17) is 5.73 Å². The highest BCUT2D eigenvalue weighted by molar-refractivity contribution is 5.94. The van der Waals surface area contributed by atoms with E-state index < -0.39 is 47.9 Å². The molecule has 0 radical (unpaired) electrons. The molecule has 0 aliphatic rings. The normalized spacial score (nSPS) is 14.7. The molecule has 4 unspecified atom stereocenters. The molecule has 0 aliphatic carbocycles. The number of hydrogen-bond donors (Lipinski definition) is 7. The van der Waals surface area contributed by atoms with Crippen LogP contribution >= 0.6 is 0 Å². The Bertz CT molecular complexity index is 796. The molecule has 0 aliphatic heterocycles. The Labute approximate surface area is 186 Å². The predicted octanol–water partition coefficient (Wildman–Crippen LogP) is -1.14. The zero-order chi connectivity index (χ0) is 24.4. The lowest BCUT2D eigenvalue weighted by atomic mass is 10.0. The third-order valence-electron chi connectivity index (χ3n) is 4.60. The van der Waals surface area contributed by atoms with Crippen molar-refractivity contribution < 1.29 is 34.5 Å². The second kappa shape index (κ2) is 12.6. The van der Waals surface area contributed by atoms with Crippen LogP contribution in [0.1, 0.15) is 32.8 Å². The van der Waals surface area contributed by atoms with Gasteiger partial charge in [-0.3, -0.25) is 14.4 Å². The molecule has 0 aromatic heterocycles. The van der Waals surface area contributed by atoms with Crippen molar-refractivity contribution in [1.82, 2.24) is 16.0 Å². The first-order chi connectivity index (χ1) is 14.9. The quantitative estimate of drug-likeness (QED) is 0.207. The van der Waals surface area contributed by atoms with E-state index in [0.29, 0.717) is 5.56 Å². The van der Waals surface area contributed by atoms with Crippen LogP contribution in [0.3, 0.4) is 0 Å². The van der Waals surface area contributed by atoms with Gasteiger partial charge in [0.25, 0.3) is 0 Å². The van der Waals surface area contributed by atoms with Gasteiger partial charge >= 0.3 is 5.97 Å². The summed E-state index contributed by atoms with van der Waals surface area (Å²) in [6.07, 6.45) is -1.15. The van der Waals surface area contributed by atoms with Crippen molar-refractivity contribution >= 4 is 23.7 Å². The highest BCUT2D eigenvalue weighted by Gasteiger charge is 2.32. The van der Waals surface area contributed by atoms with E-state index in [1.165, 1.54) is 31.2 Å². The van der Waals surface area contributed by atoms with Crippen LogP contribution in [0.15, 0.2) is 24.3 Å². The molecule has 0 saturated heterocycles. The predicted molar refractivity (Wildman–Crippen MR) is 115 cm³/mol. The van der Waals surface area contributed by atoms with Crippen LogP contribution in [-0.2, 0) is 25.6 Å². The first-order valence-electron chi connectivity index (χ1n) is 10.2. The third-order valence-corrected chi connectivity index (χ3v) is 4.60. The summed E-state index contributed by atoms with van der Waals surface area (Å²) in [5.74, 6) is -3.41. The number of hydrogen-bond acceptors (Lipinski definition) is 7. The van der Waals surface area contributed by atoms with Crippen molar-refractivity contribution in [2.75, 3.05) is 6.54 Å². The van der Waals surface area contributed by atoms with Crippen LogP contribution in [0, 0.1) is 5.92 Å². The van der Waals surface area contributed by atoms with Crippen LogP contribution in [-0.4, -0.2) is 69.8 Å². The van der Waals surface area contributed by atoms with Crippen molar-refractivity contribution in [3.05, 3.63) is 29.8 Å². The minimum absolute atomic E-state index is 0.0132. The van der Waals surface area contributed by atoms with Gasteiger partial charge in [-0.1, -0.05) is 26.0 Å². The maximum atomic E-state index is 12.7. The number of carboxylic acids is 1. The van der Waals surface area contributed by atoms with Gasteiger partial charge in [-0.05, 0) is 37.0 Å². The summed E-state index contributed by atoms with van der Waals surface area (Å²) in [4.78, 5) is 48.7. The molecule has 1 rings (SSSR count). The maximum absolute atomic E-state index is 12.7. The molecule has 0 saturated carbocycles. The number of phenols is 1. The topological polar surface area (TPSA) is 191 Å². The second-order valence-electron chi connectivity index (χ2n) is 7.95. The van der Waals surface area contributed by atoms with Gasteiger partial charge < -0.3 is 37.0 Å². The molecule has 32 heavy (non-hydrogen) atoms. The van der Waals surface area contributed by atoms with Crippen molar-refractivity contribution in [2.24, 2.45) is 11.7 Å². The lowest BCUT2D eigenvalue weighted by Gasteiger charge is -2.26. The number of aliphatic hydroxyl groups is 1. The van der Waals surface area contributed by atoms with E-state index in [2.05, 4.69) is 16.0 Å². The van der Waals surface area contributed by atoms with Gasteiger partial charge in [0.15, 0.2) is 0 Å². The van der Waals surface area contributed by atoms with Crippen molar-refractivity contribution in [3.8, 4) is 5.75 Å². The van der Waals surface area contributed by atoms with Gasteiger partial charge in [0.2, 0.25) is 17.7 Å². The summed E-state index contributed by atoms with van der Waals surface area (Å²) < 4.78 is 0. The molecular formula is C21H32N4O7. The molecule has 4 atom stereocenters. The number of carbonyl (C=O) groups excluding carboxylic acids is 3. The smallest absolute Gasteiger partial charge is 0.326 e. The Morgan fingerprint density at radius 1 is 0.938 bits per heavy atom. The van der Waals surface area contributed by atoms with E-state index >= 15 is 0 Å². The molecule has 11 heteroatoms. The number of phenolic OH excluding ortho intramolecular Hbond substituents is 1. The molecule has 178 valence electrons. The fourth-order valence-corrected chi connectivity index (χ4v) is 2.94. The Hall–Kier alpha value is -3.18. The van der Waals surface area contributed by atoms with E-state index in [1.54, 1.807) is 0 Å². The van der Waals surface area contributed by atoms with Gasteiger partial charge in [0, 0.05) is 6.42 Å². The minimum atomic E-state index is -1.45. The first-order valence-corrected chi connectivity index (χ1v) is 10.2. The van der Waals surface area contributed by atoms with Gasteiger partial charge in [-0.25, -0.2) is 4.79 Å². The number of nitrogens with one attached hydrogen (secondary N) is 3. The zero-order valence-electron chi connectivity index (χ0n) is 18.4. The highest BCUT2D eigenvalue weighted by atomic mass is 16.4. The minimum Gasteiger partial charge on any atom is -0.508 e. The monoisotopic (exact) mass is 452 g/mol. The molecular weight excluding hydrogens is 420 g/mol. The average Bonchev–Trinajstić information content (AvgIpc) is 2.71. The van der Waals surface area contributed by atoms with Crippen molar-refractivity contribution in [3.63, 3.8) is 0 Å². The number of carbonyl (C=O) groups is 4. The maximum Gasteiger partial charge on any atom is 0.326 e. The molecule has 11 nitrogen and oxygen atoms in total. The molecule has 0 heterocycles. The fraction of sp³-hybridized carbons (Fsp3) is 0.524. The van der Waals surface area contributed by atoms with Crippen LogP contribution in [0.25, 0.3) is 0 Å².